The van der Waals surface area contributed by atoms with Crippen LogP contribution in [0.4, 0.5) is 8.78 Å². The van der Waals surface area contributed by atoms with Gasteiger partial charge in [0, 0.05) is 12.1 Å². The van der Waals surface area contributed by atoms with Crippen LogP contribution in [0.25, 0.3) is 0 Å². The highest BCUT2D eigenvalue weighted by Gasteiger charge is 2.30. The van der Waals surface area contributed by atoms with Crippen molar-refractivity contribution in [2.45, 2.75) is 5.92 Å². The number of hydrogen-bond acceptors (Lipinski definition) is 3. The fourth-order valence-electron chi connectivity index (χ4n) is 1.34. The van der Waals surface area contributed by atoms with Gasteiger partial charge >= 0.3 is 0 Å². The van der Waals surface area contributed by atoms with Gasteiger partial charge in [0.25, 0.3) is 5.92 Å². The zero-order chi connectivity index (χ0) is 12.6. The summed E-state index contributed by atoms with van der Waals surface area (Å²) >= 11 is 0. The average Bonchev–Trinajstić information content (AvgIpc) is 2.35. The second-order valence-electron chi connectivity index (χ2n) is 3.58. The number of nitrogens with one attached hydrogen (secondary N) is 1. The lowest BCUT2D eigenvalue weighted by molar-refractivity contribution is -0.00517. The molecule has 0 fully saturated rings. The Labute approximate surface area is 99.4 Å². The highest BCUT2D eigenvalue weighted by atomic mass is 19.3. The van der Waals surface area contributed by atoms with Crippen molar-refractivity contribution >= 4 is 0 Å². The number of ether oxygens (including phenoxy) is 1. The number of halogens is 2. The summed E-state index contributed by atoms with van der Waals surface area (Å²) in [6, 6.07) is 7.70. The molecule has 0 aliphatic rings. The Morgan fingerprint density at radius 2 is 1.88 bits per heavy atom. The van der Waals surface area contributed by atoms with E-state index in [0.29, 0.717) is 13.2 Å². The van der Waals surface area contributed by atoms with Crippen LogP contribution in [0, 0.1) is 0 Å². The molecule has 3 nitrogen and oxygen atoms in total. The summed E-state index contributed by atoms with van der Waals surface area (Å²) in [5.41, 5.74) is 0.00350. The molecule has 0 atom stereocenters. The van der Waals surface area contributed by atoms with Gasteiger partial charge in [0.1, 0.15) is 0 Å². The van der Waals surface area contributed by atoms with Gasteiger partial charge in [-0.15, -0.1) is 0 Å². The molecule has 2 N–H and O–H groups in total. The van der Waals surface area contributed by atoms with Crippen LogP contribution in [0.2, 0.25) is 0 Å². The predicted molar refractivity (Wildman–Crippen MR) is 61.1 cm³/mol. The molecule has 0 radical (unpaired) electrons. The zero-order valence-corrected chi connectivity index (χ0v) is 9.53. The molecule has 0 aliphatic carbocycles. The second-order valence-corrected chi connectivity index (χ2v) is 3.58. The summed E-state index contributed by atoms with van der Waals surface area (Å²) in [5.74, 6) is -2.88. The summed E-state index contributed by atoms with van der Waals surface area (Å²) in [7, 11) is 0. The molecule has 0 amide bonds. The Balaban J connectivity index is 2.26. The zero-order valence-electron chi connectivity index (χ0n) is 9.53. The molecule has 0 spiro atoms. The smallest absolute Gasteiger partial charge is 0.285 e. The average molecular weight is 245 g/mol. The third kappa shape index (κ3) is 5.21. The van der Waals surface area contributed by atoms with Gasteiger partial charge < -0.3 is 15.2 Å². The van der Waals surface area contributed by atoms with E-state index in [9.17, 15) is 8.78 Å². The number of aliphatic hydroxyl groups excluding tert-OH is 1. The van der Waals surface area contributed by atoms with Crippen molar-refractivity contribution < 1.29 is 18.6 Å². The van der Waals surface area contributed by atoms with E-state index in [0.717, 1.165) is 0 Å². The molecule has 1 aromatic carbocycles. The molecule has 1 rings (SSSR count). The topological polar surface area (TPSA) is 41.5 Å². The van der Waals surface area contributed by atoms with Crippen LogP contribution in [0.15, 0.2) is 30.3 Å². The summed E-state index contributed by atoms with van der Waals surface area (Å²) in [5, 5.41) is 11.1. The van der Waals surface area contributed by atoms with Gasteiger partial charge in [0.15, 0.2) is 0 Å². The summed E-state index contributed by atoms with van der Waals surface area (Å²) in [6.07, 6.45) is 0. The number of rotatable bonds is 8. The molecule has 0 heterocycles. The Morgan fingerprint density at radius 3 is 2.53 bits per heavy atom. The molecular formula is C12H17F2NO2. The van der Waals surface area contributed by atoms with Crippen molar-refractivity contribution in [3.63, 3.8) is 0 Å². The third-order valence-electron chi connectivity index (χ3n) is 2.20. The normalized spacial score (nSPS) is 11.7. The highest BCUT2D eigenvalue weighted by molar-refractivity contribution is 5.20. The van der Waals surface area contributed by atoms with Crippen LogP contribution in [0.3, 0.4) is 0 Å². The van der Waals surface area contributed by atoms with Crippen LogP contribution >= 0.6 is 0 Å². The van der Waals surface area contributed by atoms with Crippen molar-refractivity contribution in [1.29, 1.82) is 0 Å². The van der Waals surface area contributed by atoms with Crippen molar-refractivity contribution in [3.8, 4) is 0 Å². The van der Waals surface area contributed by atoms with Crippen LogP contribution in [-0.2, 0) is 10.7 Å². The molecule has 0 aromatic heterocycles. The van der Waals surface area contributed by atoms with E-state index >= 15 is 0 Å². The maximum atomic E-state index is 13.6. The third-order valence-corrected chi connectivity index (χ3v) is 2.20. The van der Waals surface area contributed by atoms with E-state index in [1.54, 1.807) is 18.2 Å². The standard InChI is InChI=1S/C12H17F2NO2/c13-12(14,11-4-2-1-3-5-11)10-15-6-8-17-9-7-16/h1-5,15-16H,6-10H2. The van der Waals surface area contributed by atoms with Gasteiger partial charge in [-0.25, -0.2) is 0 Å². The van der Waals surface area contributed by atoms with Crippen LogP contribution < -0.4 is 5.32 Å². The van der Waals surface area contributed by atoms with Crippen molar-refractivity contribution in [1.82, 2.24) is 5.32 Å². The first-order valence-electron chi connectivity index (χ1n) is 5.49. The minimum absolute atomic E-state index is 0.00350. The molecule has 0 saturated heterocycles. The van der Waals surface area contributed by atoms with Gasteiger partial charge in [-0.2, -0.15) is 8.78 Å². The number of hydrogen-bond donors (Lipinski definition) is 2. The Hall–Kier alpha value is -1.04. The number of alkyl halides is 2. The lowest BCUT2D eigenvalue weighted by atomic mass is 10.1. The summed E-state index contributed by atoms with van der Waals surface area (Å²) < 4.78 is 32.1. The molecular weight excluding hydrogens is 228 g/mol. The molecule has 0 bridgehead atoms. The molecule has 17 heavy (non-hydrogen) atoms. The van der Waals surface area contributed by atoms with Gasteiger partial charge in [0.05, 0.1) is 26.4 Å². The van der Waals surface area contributed by atoms with Gasteiger partial charge in [0.2, 0.25) is 0 Å². The Bertz CT molecular complexity index is 307. The molecule has 0 aliphatic heterocycles. The number of benzene rings is 1. The molecule has 1 aromatic rings. The quantitative estimate of drug-likeness (QED) is 0.680. The molecule has 5 heteroatoms. The van der Waals surface area contributed by atoms with Crippen molar-refractivity contribution in [3.05, 3.63) is 35.9 Å². The summed E-state index contributed by atoms with van der Waals surface area (Å²) in [6.45, 7) is 0.407. The first-order valence-corrected chi connectivity index (χ1v) is 5.49. The molecule has 0 unspecified atom stereocenters. The maximum absolute atomic E-state index is 13.6. The van der Waals surface area contributed by atoms with Gasteiger partial charge in [-0.3, -0.25) is 0 Å². The fraction of sp³-hybridized carbons (Fsp3) is 0.500. The minimum atomic E-state index is -2.88. The monoisotopic (exact) mass is 245 g/mol. The Kier molecular flexibility index (Phi) is 6.04. The second kappa shape index (κ2) is 7.32. The van der Waals surface area contributed by atoms with Crippen molar-refractivity contribution in [2.75, 3.05) is 32.9 Å². The van der Waals surface area contributed by atoms with Crippen LogP contribution in [-0.4, -0.2) is 38.0 Å². The van der Waals surface area contributed by atoms with Crippen LogP contribution in [0.5, 0.6) is 0 Å². The predicted octanol–water partition coefficient (Wildman–Crippen LogP) is 1.38. The van der Waals surface area contributed by atoms with E-state index in [-0.39, 0.29) is 18.8 Å². The van der Waals surface area contributed by atoms with Gasteiger partial charge in [-0.1, -0.05) is 30.3 Å². The molecule has 96 valence electrons. The first-order chi connectivity index (χ1) is 8.17. The SMILES string of the molecule is OCCOCCNCC(F)(F)c1ccccc1. The number of aliphatic hydroxyl groups is 1. The lowest BCUT2D eigenvalue weighted by Crippen LogP contribution is -2.32. The van der Waals surface area contributed by atoms with E-state index in [2.05, 4.69) is 5.32 Å². The van der Waals surface area contributed by atoms with E-state index < -0.39 is 12.5 Å². The van der Waals surface area contributed by atoms with E-state index in [4.69, 9.17) is 9.84 Å². The van der Waals surface area contributed by atoms with E-state index in [1.807, 2.05) is 0 Å². The van der Waals surface area contributed by atoms with Crippen molar-refractivity contribution in [2.24, 2.45) is 0 Å². The largest absolute Gasteiger partial charge is 0.394 e. The fourth-order valence-corrected chi connectivity index (χ4v) is 1.34. The van der Waals surface area contributed by atoms with Crippen LogP contribution in [0.1, 0.15) is 5.56 Å². The van der Waals surface area contributed by atoms with Gasteiger partial charge in [-0.05, 0) is 0 Å². The van der Waals surface area contributed by atoms with E-state index in [1.165, 1.54) is 12.1 Å². The molecule has 0 saturated carbocycles. The lowest BCUT2D eigenvalue weighted by Gasteiger charge is -2.17. The summed E-state index contributed by atoms with van der Waals surface area (Å²) in [4.78, 5) is 0. The highest BCUT2D eigenvalue weighted by Crippen LogP contribution is 2.26. The maximum Gasteiger partial charge on any atom is 0.285 e. The first kappa shape index (κ1) is 14.0. The Morgan fingerprint density at radius 1 is 1.18 bits per heavy atom. The minimum Gasteiger partial charge on any atom is -0.394 e.